The molecular formula is C21H21F3N2O4. The average molecular weight is 422 g/mol. The zero-order valence-electron chi connectivity index (χ0n) is 16.2. The van der Waals surface area contributed by atoms with E-state index >= 15 is 0 Å². The van der Waals surface area contributed by atoms with Gasteiger partial charge in [0.25, 0.3) is 11.8 Å². The number of rotatable bonds is 8. The van der Waals surface area contributed by atoms with E-state index in [9.17, 15) is 27.6 Å². The van der Waals surface area contributed by atoms with Crippen LogP contribution in [0.3, 0.4) is 0 Å². The minimum absolute atomic E-state index is 0.0353. The molecule has 0 heterocycles. The Morgan fingerprint density at radius 3 is 2.20 bits per heavy atom. The third-order valence-corrected chi connectivity index (χ3v) is 4.18. The molecule has 1 N–H and O–H groups in total. The second-order valence-electron chi connectivity index (χ2n) is 6.31. The van der Waals surface area contributed by atoms with Crippen molar-refractivity contribution in [3.8, 4) is 0 Å². The van der Waals surface area contributed by atoms with Gasteiger partial charge in [-0.05, 0) is 36.8 Å². The Morgan fingerprint density at radius 2 is 1.63 bits per heavy atom. The molecular weight excluding hydrogens is 401 g/mol. The zero-order valence-corrected chi connectivity index (χ0v) is 16.2. The van der Waals surface area contributed by atoms with E-state index in [-0.39, 0.29) is 11.5 Å². The fourth-order valence-electron chi connectivity index (χ4n) is 2.53. The number of benzene rings is 2. The largest absolute Gasteiger partial charge is 0.454 e. The van der Waals surface area contributed by atoms with Crippen LogP contribution in [0.15, 0.2) is 54.6 Å². The van der Waals surface area contributed by atoms with Gasteiger partial charge in [0.1, 0.15) is 6.54 Å². The van der Waals surface area contributed by atoms with E-state index in [0.717, 1.165) is 29.8 Å². The molecule has 0 aliphatic heterocycles. The SMILES string of the molecule is CCN(Cc1ccccc1)C(=O)COC(=O)CNC(=O)c1ccc(C(F)(F)F)cc1. The van der Waals surface area contributed by atoms with E-state index in [2.05, 4.69) is 5.32 Å². The number of hydrogen-bond donors (Lipinski definition) is 1. The summed E-state index contributed by atoms with van der Waals surface area (Å²) < 4.78 is 42.5. The van der Waals surface area contributed by atoms with Gasteiger partial charge in [-0.3, -0.25) is 14.4 Å². The summed E-state index contributed by atoms with van der Waals surface area (Å²) in [5.74, 6) is -1.95. The highest BCUT2D eigenvalue weighted by Crippen LogP contribution is 2.29. The molecule has 2 aromatic carbocycles. The molecule has 160 valence electrons. The first kappa shape index (κ1) is 22.9. The minimum Gasteiger partial charge on any atom is -0.454 e. The van der Waals surface area contributed by atoms with Crippen LogP contribution < -0.4 is 5.32 Å². The van der Waals surface area contributed by atoms with Crippen LogP contribution in [0.1, 0.15) is 28.4 Å². The topological polar surface area (TPSA) is 75.7 Å². The van der Waals surface area contributed by atoms with Crippen molar-refractivity contribution >= 4 is 17.8 Å². The summed E-state index contributed by atoms with van der Waals surface area (Å²) in [6.45, 7) is 1.61. The van der Waals surface area contributed by atoms with Crippen molar-refractivity contribution in [2.24, 2.45) is 0 Å². The van der Waals surface area contributed by atoms with Crippen LogP contribution in [-0.2, 0) is 27.0 Å². The summed E-state index contributed by atoms with van der Waals surface area (Å²) in [6.07, 6.45) is -4.50. The van der Waals surface area contributed by atoms with E-state index in [1.54, 1.807) is 6.92 Å². The monoisotopic (exact) mass is 422 g/mol. The predicted octanol–water partition coefficient (Wildman–Crippen LogP) is 3.03. The van der Waals surface area contributed by atoms with Crippen LogP contribution in [0.2, 0.25) is 0 Å². The Hall–Kier alpha value is -3.36. The Labute approximate surface area is 171 Å². The van der Waals surface area contributed by atoms with Crippen molar-refractivity contribution in [3.05, 3.63) is 71.3 Å². The summed E-state index contributed by atoms with van der Waals surface area (Å²) in [5.41, 5.74) is 0.0164. The summed E-state index contributed by atoms with van der Waals surface area (Å²) in [7, 11) is 0. The molecule has 0 aliphatic rings. The molecule has 0 saturated heterocycles. The standard InChI is InChI=1S/C21H21F3N2O4/c1-2-26(13-15-6-4-3-5-7-15)18(27)14-30-19(28)12-25-20(29)16-8-10-17(11-9-16)21(22,23)24/h3-11H,2,12-14H2,1H3,(H,25,29). The maximum atomic E-state index is 12.5. The maximum Gasteiger partial charge on any atom is 0.416 e. The third-order valence-electron chi connectivity index (χ3n) is 4.18. The highest BCUT2D eigenvalue weighted by Gasteiger charge is 2.30. The maximum absolute atomic E-state index is 12.5. The van der Waals surface area contributed by atoms with Gasteiger partial charge in [-0.1, -0.05) is 30.3 Å². The molecule has 30 heavy (non-hydrogen) atoms. The van der Waals surface area contributed by atoms with Gasteiger partial charge in [0.05, 0.1) is 5.56 Å². The molecule has 6 nitrogen and oxygen atoms in total. The van der Waals surface area contributed by atoms with Gasteiger partial charge in [0.2, 0.25) is 0 Å². The number of halogens is 3. The molecule has 2 rings (SSSR count). The molecule has 0 fully saturated rings. The van der Waals surface area contributed by atoms with Crippen molar-refractivity contribution in [2.75, 3.05) is 19.7 Å². The first-order valence-electron chi connectivity index (χ1n) is 9.13. The minimum atomic E-state index is -4.50. The zero-order chi connectivity index (χ0) is 22.1. The first-order valence-corrected chi connectivity index (χ1v) is 9.13. The van der Waals surface area contributed by atoms with Gasteiger partial charge in [0.15, 0.2) is 6.61 Å². The van der Waals surface area contributed by atoms with E-state index < -0.39 is 36.8 Å². The molecule has 9 heteroatoms. The molecule has 0 bridgehead atoms. The summed E-state index contributed by atoms with van der Waals surface area (Å²) in [5, 5.41) is 2.24. The lowest BCUT2D eigenvalue weighted by molar-refractivity contribution is -0.151. The lowest BCUT2D eigenvalue weighted by atomic mass is 10.1. The van der Waals surface area contributed by atoms with Crippen molar-refractivity contribution in [3.63, 3.8) is 0 Å². The number of alkyl halides is 3. The molecule has 2 amide bonds. The van der Waals surface area contributed by atoms with E-state index in [4.69, 9.17) is 4.74 Å². The summed E-state index contributed by atoms with van der Waals surface area (Å²) >= 11 is 0. The molecule has 0 atom stereocenters. The van der Waals surface area contributed by atoms with Gasteiger partial charge in [-0.15, -0.1) is 0 Å². The van der Waals surface area contributed by atoms with Crippen molar-refractivity contribution in [2.45, 2.75) is 19.6 Å². The van der Waals surface area contributed by atoms with E-state index in [1.807, 2.05) is 30.3 Å². The second kappa shape index (κ2) is 10.4. The number of carbonyl (C=O) groups is 3. The fourth-order valence-corrected chi connectivity index (χ4v) is 2.53. The quantitative estimate of drug-likeness (QED) is 0.664. The van der Waals surface area contributed by atoms with Crippen LogP contribution in [0.25, 0.3) is 0 Å². The number of ether oxygens (including phenoxy) is 1. The van der Waals surface area contributed by atoms with Crippen molar-refractivity contribution < 1.29 is 32.3 Å². The first-order chi connectivity index (χ1) is 14.2. The van der Waals surface area contributed by atoms with Crippen LogP contribution >= 0.6 is 0 Å². The molecule has 0 spiro atoms. The number of carbonyl (C=O) groups excluding carboxylic acids is 3. The predicted molar refractivity (Wildman–Crippen MR) is 102 cm³/mol. The third kappa shape index (κ3) is 6.91. The van der Waals surface area contributed by atoms with Crippen molar-refractivity contribution in [1.82, 2.24) is 10.2 Å². The molecule has 0 saturated carbocycles. The Balaban J connectivity index is 1.78. The van der Waals surface area contributed by atoms with Crippen LogP contribution in [0, 0.1) is 0 Å². The second-order valence-corrected chi connectivity index (χ2v) is 6.31. The number of amides is 2. The number of nitrogens with zero attached hydrogens (tertiary/aromatic N) is 1. The number of nitrogens with one attached hydrogen (secondary N) is 1. The number of esters is 1. The summed E-state index contributed by atoms with van der Waals surface area (Å²) in [6, 6.07) is 12.9. The van der Waals surface area contributed by atoms with Gasteiger partial charge >= 0.3 is 12.1 Å². The van der Waals surface area contributed by atoms with E-state index in [0.29, 0.717) is 13.1 Å². The number of likely N-dealkylation sites (N-methyl/N-ethyl adjacent to an activating group) is 1. The molecule has 0 unspecified atom stereocenters. The van der Waals surface area contributed by atoms with Crippen molar-refractivity contribution in [1.29, 1.82) is 0 Å². The number of hydrogen-bond acceptors (Lipinski definition) is 4. The molecule has 2 aromatic rings. The van der Waals surface area contributed by atoms with Crippen LogP contribution in [0.5, 0.6) is 0 Å². The van der Waals surface area contributed by atoms with Gasteiger partial charge in [-0.25, -0.2) is 0 Å². The normalized spacial score (nSPS) is 10.9. The molecule has 0 radical (unpaired) electrons. The molecule has 0 aliphatic carbocycles. The van der Waals surface area contributed by atoms with Gasteiger partial charge in [0, 0.05) is 18.7 Å². The van der Waals surface area contributed by atoms with Crippen LogP contribution in [0.4, 0.5) is 13.2 Å². The highest BCUT2D eigenvalue weighted by atomic mass is 19.4. The van der Waals surface area contributed by atoms with E-state index in [1.165, 1.54) is 4.90 Å². The smallest absolute Gasteiger partial charge is 0.416 e. The Kier molecular flexibility index (Phi) is 7.97. The lowest BCUT2D eigenvalue weighted by Crippen LogP contribution is -2.36. The summed E-state index contributed by atoms with van der Waals surface area (Å²) in [4.78, 5) is 37.5. The fraction of sp³-hybridized carbons (Fsp3) is 0.286. The highest BCUT2D eigenvalue weighted by molar-refractivity contribution is 5.96. The lowest BCUT2D eigenvalue weighted by Gasteiger charge is -2.20. The Morgan fingerprint density at radius 1 is 1.00 bits per heavy atom. The van der Waals surface area contributed by atoms with Crippen LogP contribution in [-0.4, -0.2) is 42.4 Å². The molecule has 0 aromatic heterocycles. The Bertz CT molecular complexity index is 868. The average Bonchev–Trinajstić information content (AvgIpc) is 2.74. The van der Waals surface area contributed by atoms with Gasteiger partial charge in [-0.2, -0.15) is 13.2 Å². The van der Waals surface area contributed by atoms with Gasteiger partial charge < -0.3 is 15.0 Å².